The Morgan fingerprint density at radius 2 is 1.95 bits per heavy atom. The predicted molar refractivity (Wildman–Crippen MR) is 84.3 cm³/mol. The van der Waals surface area contributed by atoms with Crippen LogP contribution in [0.3, 0.4) is 0 Å². The van der Waals surface area contributed by atoms with E-state index in [9.17, 15) is 0 Å². The maximum atomic E-state index is 5.46. The second-order valence-electron chi connectivity index (χ2n) is 4.73. The molecular formula is C13H22IN3O2. The monoisotopic (exact) mass is 379 g/mol. The first-order chi connectivity index (χ1) is 8.96. The Labute approximate surface area is 128 Å². The molecule has 0 saturated heterocycles. The lowest BCUT2D eigenvalue weighted by molar-refractivity contribution is 0.0110. The van der Waals surface area contributed by atoms with Crippen molar-refractivity contribution in [3.05, 3.63) is 15.1 Å². The highest BCUT2D eigenvalue weighted by molar-refractivity contribution is 14.1. The van der Waals surface area contributed by atoms with Crippen molar-refractivity contribution in [3.63, 3.8) is 0 Å². The van der Waals surface area contributed by atoms with Crippen LogP contribution in [-0.2, 0) is 21.7 Å². The molecule has 0 aromatic carbocycles. The maximum Gasteiger partial charge on any atom is 0.162 e. The molecule has 0 aliphatic carbocycles. The number of halogens is 1. The van der Waals surface area contributed by atoms with Crippen LogP contribution in [0.25, 0.3) is 0 Å². The van der Waals surface area contributed by atoms with E-state index in [1.807, 2.05) is 13.8 Å². The van der Waals surface area contributed by atoms with Gasteiger partial charge in [-0.25, -0.2) is 9.97 Å². The number of aromatic nitrogens is 2. The van der Waals surface area contributed by atoms with Crippen LogP contribution in [0, 0.1) is 3.57 Å². The van der Waals surface area contributed by atoms with Gasteiger partial charge in [0.1, 0.15) is 11.4 Å². The average molecular weight is 379 g/mol. The molecule has 0 atom stereocenters. The molecule has 0 amide bonds. The molecule has 0 fully saturated rings. The molecule has 1 N–H and O–H groups in total. The average Bonchev–Trinajstić information content (AvgIpc) is 2.39. The largest absolute Gasteiger partial charge is 0.378 e. The topological polar surface area (TPSA) is 56.3 Å². The van der Waals surface area contributed by atoms with Crippen LogP contribution in [0.1, 0.15) is 38.7 Å². The van der Waals surface area contributed by atoms with Crippen LogP contribution in [0.4, 0.5) is 5.82 Å². The fourth-order valence-corrected chi connectivity index (χ4v) is 2.03. The maximum absolute atomic E-state index is 5.46. The summed E-state index contributed by atoms with van der Waals surface area (Å²) in [4.78, 5) is 9.15. The summed E-state index contributed by atoms with van der Waals surface area (Å²) in [5.41, 5.74) is 0.368. The zero-order valence-electron chi connectivity index (χ0n) is 12.2. The van der Waals surface area contributed by atoms with E-state index >= 15 is 0 Å². The van der Waals surface area contributed by atoms with E-state index in [0.717, 1.165) is 28.0 Å². The molecule has 0 spiro atoms. The third kappa shape index (κ3) is 4.25. The van der Waals surface area contributed by atoms with Crippen molar-refractivity contribution in [3.8, 4) is 0 Å². The van der Waals surface area contributed by atoms with Crippen LogP contribution in [-0.4, -0.2) is 30.7 Å². The molecule has 19 heavy (non-hydrogen) atoms. The Morgan fingerprint density at radius 3 is 2.47 bits per heavy atom. The quantitative estimate of drug-likeness (QED) is 0.739. The van der Waals surface area contributed by atoms with E-state index in [0.29, 0.717) is 12.4 Å². The molecule has 5 nitrogen and oxygen atoms in total. The summed E-state index contributed by atoms with van der Waals surface area (Å²) in [7, 11) is 3.33. The minimum absolute atomic E-state index is 0.467. The summed E-state index contributed by atoms with van der Waals surface area (Å²) in [5.74, 6) is 1.52. The fourth-order valence-electron chi connectivity index (χ4n) is 1.45. The third-order valence-corrected chi connectivity index (χ3v) is 3.93. The van der Waals surface area contributed by atoms with Gasteiger partial charge < -0.3 is 14.8 Å². The molecule has 1 heterocycles. The summed E-state index contributed by atoms with van der Waals surface area (Å²) in [6.45, 7) is 7.38. The van der Waals surface area contributed by atoms with Gasteiger partial charge >= 0.3 is 0 Å². The minimum atomic E-state index is -0.518. The Kier molecular flexibility index (Phi) is 6.41. The van der Waals surface area contributed by atoms with E-state index in [1.165, 1.54) is 0 Å². The summed E-state index contributed by atoms with van der Waals surface area (Å²) in [6, 6.07) is 0. The number of ether oxygens (including phenoxy) is 2. The second-order valence-corrected chi connectivity index (χ2v) is 5.81. The van der Waals surface area contributed by atoms with Crippen molar-refractivity contribution in [2.24, 2.45) is 0 Å². The normalized spacial score (nSPS) is 11.7. The molecule has 0 aliphatic rings. The second kappa shape index (κ2) is 7.35. The lowest BCUT2D eigenvalue weighted by atomic mass is 10.1. The zero-order valence-corrected chi connectivity index (χ0v) is 14.4. The molecule has 0 saturated carbocycles. The fraction of sp³-hybridized carbons (Fsp3) is 0.692. The van der Waals surface area contributed by atoms with Gasteiger partial charge in [-0.05, 0) is 42.9 Å². The van der Waals surface area contributed by atoms with Crippen molar-refractivity contribution in [1.82, 2.24) is 9.97 Å². The number of methoxy groups -OCH3 is 2. The standard InChI is InChI=1S/C13H22IN3O2/c1-6-7-15-11-10(14)9(8-18-4)16-12(17-11)13(2,3)19-5/h6-8H2,1-5H3,(H,15,16,17). The Bertz CT molecular complexity index is 425. The molecule has 0 radical (unpaired) electrons. The number of rotatable bonds is 7. The van der Waals surface area contributed by atoms with Crippen molar-refractivity contribution < 1.29 is 9.47 Å². The van der Waals surface area contributed by atoms with Crippen molar-refractivity contribution in [2.45, 2.75) is 39.4 Å². The van der Waals surface area contributed by atoms with Crippen LogP contribution in [0.2, 0.25) is 0 Å². The van der Waals surface area contributed by atoms with Crippen molar-refractivity contribution in [2.75, 3.05) is 26.1 Å². The van der Waals surface area contributed by atoms with E-state index in [1.54, 1.807) is 14.2 Å². The Hall–Kier alpha value is -0.470. The molecule has 0 aliphatic heterocycles. The number of nitrogens with one attached hydrogen (secondary N) is 1. The van der Waals surface area contributed by atoms with E-state index < -0.39 is 5.60 Å². The molecular weight excluding hydrogens is 357 g/mol. The van der Waals surface area contributed by atoms with Gasteiger partial charge in [0.15, 0.2) is 5.82 Å². The minimum Gasteiger partial charge on any atom is -0.378 e. The van der Waals surface area contributed by atoms with Gasteiger partial charge in [0.05, 0.1) is 15.9 Å². The summed E-state index contributed by atoms with van der Waals surface area (Å²) in [5, 5.41) is 3.33. The first kappa shape index (κ1) is 16.6. The SMILES string of the molecule is CCCNc1nc(C(C)(C)OC)nc(COC)c1I. The molecule has 1 aromatic heterocycles. The summed E-state index contributed by atoms with van der Waals surface area (Å²) >= 11 is 2.25. The van der Waals surface area contributed by atoms with Crippen LogP contribution in [0.5, 0.6) is 0 Å². The van der Waals surface area contributed by atoms with Crippen LogP contribution in [0.15, 0.2) is 0 Å². The molecule has 6 heteroatoms. The smallest absolute Gasteiger partial charge is 0.162 e. The highest BCUT2D eigenvalue weighted by atomic mass is 127. The lowest BCUT2D eigenvalue weighted by Crippen LogP contribution is -2.25. The summed E-state index contributed by atoms with van der Waals surface area (Å²) in [6.07, 6.45) is 1.04. The Morgan fingerprint density at radius 1 is 1.26 bits per heavy atom. The molecule has 108 valence electrons. The van der Waals surface area contributed by atoms with Crippen LogP contribution >= 0.6 is 22.6 Å². The third-order valence-electron chi connectivity index (χ3n) is 2.79. The highest BCUT2D eigenvalue weighted by Gasteiger charge is 2.25. The van der Waals surface area contributed by atoms with E-state index in [4.69, 9.17) is 9.47 Å². The first-order valence-corrected chi connectivity index (χ1v) is 7.39. The first-order valence-electron chi connectivity index (χ1n) is 6.31. The van der Waals surface area contributed by atoms with Gasteiger partial charge in [0.25, 0.3) is 0 Å². The summed E-state index contributed by atoms with van der Waals surface area (Å²) < 4.78 is 11.7. The molecule has 0 unspecified atom stereocenters. The van der Waals surface area contributed by atoms with Gasteiger partial charge in [0.2, 0.25) is 0 Å². The van der Waals surface area contributed by atoms with Gasteiger partial charge in [0, 0.05) is 20.8 Å². The van der Waals surface area contributed by atoms with Gasteiger partial charge in [-0.1, -0.05) is 6.92 Å². The number of anilines is 1. The van der Waals surface area contributed by atoms with Gasteiger partial charge in [-0.2, -0.15) is 0 Å². The van der Waals surface area contributed by atoms with Gasteiger partial charge in [-0.3, -0.25) is 0 Å². The van der Waals surface area contributed by atoms with Gasteiger partial charge in [-0.15, -0.1) is 0 Å². The van der Waals surface area contributed by atoms with Crippen LogP contribution < -0.4 is 5.32 Å². The Balaban J connectivity index is 3.22. The molecule has 1 rings (SSSR count). The lowest BCUT2D eigenvalue weighted by Gasteiger charge is -2.23. The van der Waals surface area contributed by atoms with Crippen molar-refractivity contribution >= 4 is 28.4 Å². The number of hydrogen-bond acceptors (Lipinski definition) is 5. The zero-order chi connectivity index (χ0) is 14.5. The van der Waals surface area contributed by atoms with E-state index in [-0.39, 0.29) is 0 Å². The predicted octanol–water partition coefficient (Wildman–Crippen LogP) is 2.93. The van der Waals surface area contributed by atoms with E-state index in [2.05, 4.69) is 44.8 Å². The molecule has 1 aromatic rings. The van der Waals surface area contributed by atoms with Crippen molar-refractivity contribution in [1.29, 1.82) is 0 Å². The highest BCUT2D eigenvalue weighted by Crippen LogP contribution is 2.26. The number of hydrogen-bond donors (Lipinski definition) is 1. The number of nitrogens with zero attached hydrogens (tertiary/aromatic N) is 2. The molecule has 0 bridgehead atoms.